The van der Waals surface area contributed by atoms with E-state index in [-0.39, 0.29) is 12.1 Å². The number of ether oxygens (including phenoxy) is 2. The summed E-state index contributed by atoms with van der Waals surface area (Å²) in [5, 5.41) is 2.40. The minimum Gasteiger partial charge on any atom is -0.442 e. The first-order valence-corrected chi connectivity index (χ1v) is 6.17. The monoisotopic (exact) mass is 265 g/mol. The first-order valence-electron chi connectivity index (χ1n) is 6.17. The summed E-state index contributed by atoms with van der Waals surface area (Å²) < 4.78 is 10.3. The van der Waals surface area contributed by atoms with E-state index in [2.05, 4.69) is 5.32 Å². The molecule has 0 saturated carbocycles. The zero-order valence-electron chi connectivity index (χ0n) is 11.6. The van der Waals surface area contributed by atoms with E-state index in [4.69, 9.17) is 9.47 Å². The lowest BCUT2D eigenvalue weighted by Crippen LogP contribution is -2.20. The van der Waals surface area contributed by atoms with Crippen LogP contribution in [0.5, 0.6) is 5.75 Å². The molecule has 0 fully saturated rings. The first-order chi connectivity index (χ1) is 8.97. The molecule has 0 bridgehead atoms. The molecule has 1 aromatic carbocycles. The number of carbonyl (C=O) groups excluding carboxylic acids is 2. The van der Waals surface area contributed by atoms with Gasteiger partial charge in [-0.05, 0) is 36.6 Å². The highest BCUT2D eigenvalue weighted by Gasteiger charge is 2.13. The second kappa shape index (κ2) is 6.78. The summed E-state index contributed by atoms with van der Waals surface area (Å²) in [7, 11) is 1.51. The Kier molecular flexibility index (Phi) is 5.36. The topological polar surface area (TPSA) is 64.6 Å². The largest absolute Gasteiger partial charge is 0.442 e. The average Bonchev–Trinajstić information content (AvgIpc) is 2.38. The van der Waals surface area contributed by atoms with Crippen LogP contribution in [0.15, 0.2) is 18.2 Å². The van der Waals surface area contributed by atoms with E-state index in [9.17, 15) is 9.59 Å². The van der Waals surface area contributed by atoms with Gasteiger partial charge in [-0.1, -0.05) is 13.0 Å². The van der Waals surface area contributed by atoms with E-state index in [1.165, 1.54) is 14.0 Å². The molecule has 0 heterocycles. The van der Waals surface area contributed by atoms with Gasteiger partial charge in [-0.15, -0.1) is 0 Å². The second-order valence-corrected chi connectivity index (χ2v) is 4.11. The highest BCUT2D eigenvalue weighted by molar-refractivity contribution is 5.70. The van der Waals surface area contributed by atoms with Crippen molar-refractivity contribution in [3.05, 3.63) is 29.3 Å². The number of alkyl carbamates (subject to hydrolysis) is 1. The van der Waals surface area contributed by atoms with E-state index >= 15 is 0 Å². The smallest absolute Gasteiger partial charge is 0.407 e. The Bertz CT molecular complexity index is 471. The standard InChI is InChI=1S/C14H19NO4/c1-5-11-8-12(9(2)18-14(17)15-4)6-7-13(11)19-10(3)16/h6-9H,5H2,1-4H3,(H,15,17). The summed E-state index contributed by atoms with van der Waals surface area (Å²) >= 11 is 0. The summed E-state index contributed by atoms with van der Waals surface area (Å²) in [5.41, 5.74) is 1.76. The molecule has 0 aromatic heterocycles. The van der Waals surface area contributed by atoms with Crippen LogP contribution in [0.3, 0.4) is 0 Å². The molecule has 1 aromatic rings. The fraction of sp³-hybridized carbons (Fsp3) is 0.429. The Labute approximate surface area is 112 Å². The summed E-state index contributed by atoms with van der Waals surface area (Å²) in [5.74, 6) is 0.197. The van der Waals surface area contributed by atoms with E-state index in [0.29, 0.717) is 5.75 Å². The van der Waals surface area contributed by atoms with Gasteiger partial charge >= 0.3 is 12.1 Å². The number of hydrogen-bond acceptors (Lipinski definition) is 4. The van der Waals surface area contributed by atoms with Gasteiger partial charge < -0.3 is 14.8 Å². The van der Waals surface area contributed by atoms with Crippen LogP contribution >= 0.6 is 0 Å². The quantitative estimate of drug-likeness (QED) is 0.671. The number of esters is 1. The number of nitrogens with one attached hydrogen (secondary N) is 1. The molecule has 104 valence electrons. The number of aryl methyl sites for hydroxylation is 1. The lowest BCUT2D eigenvalue weighted by molar-refractivity contribution is -0.131. The van der Waals surface area contributed by atoms with Crippen molar-refractivity contribution in [1.82, 2.24) is 5.32 Å². The van der Waals surface area contributed by atoms with Crippen molar-refractivity contribution in [2.45, 2.75) is 33.3 Å². The van der Waals surface area contributed by atoms with Crippen LogP contribution < -0.4 is 10.1 Å². The van der Waals surface area contributed by atoms with E-state index in [0.717, 1.165) is 17.5 Å². The predicted octanol–water partition coefficient (Wildman–Crippen LogP) is 2.59. The molecule has 1 N–H and O–H groups in total. The van der Waals surface area contributed by atoms with Crippen molar-refractivity contribution < 1.29 is 19.1 Å². The van der Waals surface area contributed by atoms with Gasteiger partial charge in [0.2, 0.25) is 0 Å². The number of amides is 1. The number of benzene rings is 1. The number of hydrogen-bond donors (Lipinski definition) is 1. The molecule has 1 rings (SSSR count). The van der Waals surface area contributed by atoms with Crippen LogP contribution in [0.2, 0.25) is 0 Å². The van der Waals surface area contributed by atoms with Gasteiger partial charge in [-0.25, -0.2) is 4.79 Å². The molecule has 1 unspecified atom stereocenters. The van der Waals surface area contributed by atoms with Crippen molar-refractivity contribution in [3.8, 4) is 5.75 Å². The summed E-state index contributed by atoms with van der Waals surface area (Å²) in [6, 6.07) is 5.39. The summed E-state index contributed by atoms with van der Waals surface area (Å²) in [6.45, 7) is 5.12. The van der Waals surface area contributed by atoms with Crippen LogP contribution in [0.1, 0.15) is 38.0 Å². The molecule has 0 saturated heterocycles. The summed E-state index contributed by atoms with van der Waals surface area (Å²) in [4.78, 5) is 22.1. The van der Waals surface area contributed by atoms with Crippen LogP contribution in [0.4, 0.5) is 4.79 Å². The zero-order chi connectivity index (χ0) is 14.4. The zero-order valence-corrected chi connectivity index (χ0v) is 11.6. The molecule has 0 radical (unpaired) electrons. The fourth-order valence-electron chi connectivity index (χ4n) is 1.67. The summed E-state index contributed by atoms with van der Waals surface area (Å²) in [6.07, 6.45) is -0.116. The first kappa shape index (κ1) is 15.0. The Hall–Kier alpha value is -2.04. The van der Waals surface area contributed by atoms with Gasteiger partial charge in [0.15, 0.2) is 0 Å². The van der Waals surface area contributed by atoms with E-state index in [1.807, 2.05) is 13.0 Å². The molecule has 0 aliphatic heterocycles. The van der Waals surface area contributed by atoms with Crippen LogP contribution in [-0.2, 0) is 16.0 Å². The lowest BCUT2D eigenvalue weighted by Gasteiger charge is -2.15. The van der Waals surface area contributed by atoms with Crippen molar-refractivity contribution in [2.24, 2.45) is 0 Å². The molecule has 0 spiro atoms. The van der Waals surface area contributed by atoms with Crippen molar-refractivity contribution >= 4 is 12.1 Å². The third kappa shape index (κ3) is 4.28. The number of carbonyl (C=O) groups is 2. The van der Waals surface area contributed by atoms with Gasteiger partial charge in [0, 0.05) is 14.0 Å². The lowest BCUT2D eigenvalue weighted by atomic mass is 10.0. The second-order valence-electron chi connectivity index (χ2n) is 4.11. The maximum absolute atomic E-state index is 11.2. The molecule has 0 aliphatic carbocycles. The Balaban J connectivity index is 2.92. The molecular formula is C14H19NO4. The molecule has 19 heavy (non-hydrogen) atoms. The van der Waals surface area contributed by atoms with Gasteiger partial charge in [0.25, 0.3) is 0 Å². The molecule has 5 heteroatoms. The molecular weight excluding hydrogens is 246 g/mol. The van der Waals surface area contributed by atoms with Crippen LogP contribution in [-0.4, -0.2) is 19.1 Å². The maximum Gasteiger partial charge on any atom is 0.407 e. The van der Waals surface area contributed by atoms with Gasteiger partial charge in [-0.3, -0.25) is 4.79 Å². The third-order valence-electron chi connectivity index (χ3n) is 2.68. The van der Waals surface area contributed by atoms with Crippen LogP contribution in [0, 0.1) is 0 Å². The van der Waals surface area contributed by atoms with Gasteiger partial charge in [0.1, 0.15) is 11.9 Å². The Morgan fingerprint density at radius 1 is 1.37 bits per heavy atom. The molecule has 1 amide bonds. The molecule has 0 aliphatic rings. The third-order valence-corrected chi connectivity index (χ3v) is 2.68. The van der Waals surface area contributed by atoms with Gasteiger partial charge in [-0.2, -0.15) is 0 Å². The van der Waals surface area contributed by atoms with Crippen molar-refractivity contribution in [2.75, 3.05) is 7.05 Å². The molecule has 1 atom stereocenters. The Morgan fingerprint density at radius 2 is 2.05 bits per heavy atom. The minimum absolute atomic E-state index is 0.350. The Morgan fingerprint density at radius 3 is 2.58 bits per heavy atom. The molecule has 5 nitrogen and oxygen atoms in total. The minimum atomic E-state index is -0.477. The highest BCUT2D eigenvalue weighted by atomic mass is 16.6. The SMILES string of the molecule is CCc1cc(C(C)OC(=O)NC)ccc1OC(C)=O. The highest BCUT2D eigenvalue weighted by Crippen LogP contribution is 2.25. The van der Waals surface area contributed by atoms with E-state index in [1.54, 1.807) is 19.1 Å². The normalized spacial score (nSPS) is 11.6. The predicted molar refractivity (Wildman–Crippen MR) is 71.1 cm³/mol. The maximum atomic E-state index is 11.2. The van der Waals surface area contributed by atoms with Crippen LogP contribution in [0.25, 0.3) is 0 Å². The fourth-order valence-corrected chi connectivity index (χ4v) is 1.67. The number of rotatable bonds is 4. The van der Waals surface area contributed by atoms with Crippen molar-refractivity contribution in [1.29, 1.82) is 0 Å². The van der Waals surface area contributed by atoms with Gasteiger partial charge in [0.05, 0.1) is 0 Å². The van der Waals surface area contributed by atoms with Crippen molar-refractivity contribution in [3.63, 3.8) is 0 Å². The van der Waals surface area contributed by atoms with E-state index < -0.39 is 6.09 Å². The average molecular weight is 265 g/mol.